The molecule has 2 aromatic rings. The third-order valence-corrected chi connectivity index (χ3v) is 4.15. The number of carbonyl (C=O) groups is 2. The highest BCUT2D eigenvalue weighted by Crippen LogP contribution is 2.31. The molecular weight excluding hydrogens is 448 g/mol. The molecule has 0 spiro atoms. The third kappa shape index (κ3) is 5.84. The number of anilines is 1. The molecule has 3 amide bonds. The molecule has 0 saturated heterocycles. The van der Waals surface area contributed by atoms with E-state index in [4.69, 9.17) is 46.4 Å². The minimum atomic E-state index is -3.83. The van der Waals surface area contributed by atoms with E-state index in [1.807, 2.05) is 5.32 Å². The van der Waals surface area contributed by atoms with Gasteiger partial charge < -0.3 is 10.1 Å². The number of alkyl halides is 4. The van der Waals surface area contributed by atoms with Gasteiger partial charge in [0.25, 0.3) is 5.91 Å². The van der Waals surface area contributed by atoms with Gasteiger partial charge >= 0.3 is 12.1 Å². The first-order valence-electron chi connectivity index (χ1n) is 7.11. The number of ether oxygens (including phenoxy) is 1. The number of imide groups is 1. The van der Waals surface area contributed by atoms with Crippen molar-refractivity contribution in [3.63, 3.8) is 0 Å². The average Bonchev–Trinajstić information content (AvgIpc) is 2.54. The quantitative estimate of drug-likeness (QED) is 0.563. The van der Waals surface area contributed by atoms with E-state index in [0.717, 1.165) is 6.07 Å². The van der Waals surface area contributed by atoms with E-state index in [0.29, 0.717) is 0 Å². The van der Waals surface area contributed by atoms with Crippen LogP contribution in [0.15, 0.2) is 42.5 Å². The molecule has 27 heavy (non-hydrogen) atoms. The standard InChI is InChI=1S/C16H10Cl4F2N2O3/c17-10-5-2-6-11(18)12(10)13(25)24-15(26)23-8-3-1-4-9(7-8)27-16(21,22)14(19)20/h1-7,14H,(H2,23,24,25,26). The fourth-order valence-corrected chi connectivity index (χ4v) is 2.54. The maximum absolute atomic E-state index is 13.4. The van der Waals surface area contributed by atoms with Crippen molar-refractivity contribution in [2.24, 2.45) is 0 Å². The number of amides is 3. The molecule has 2 N–H and O–H groups in total. The maximum Gasteiger partial charge on any atom is 0.428 e. The van der Waals surface area contributed by atoms with Crippen molar-refractivity contribution in [3.05, 3.63) is 58.1 Å². The number of nitrogens with one attached hydrogen (secondary N) is 2. The molecule has 0 aromatic heterocycles. The molecule has 2 rings (SSSR count). The van der Waals surface area contributed by atoms with Crippen molar-refractivity contribution in [1.29, 1.82) is 0 Å². The summed E-state index contributed by atoms with van der Waals surface area (Å²) in [4.78, 5) is 22.0. The summed E-state index contributed by atoms with van der Waals surface area (Å²) in [5.74, 6) is -1.14. The Hall–Kier alpha value is -1.80. The minimum Gasteiger partial charge on any atom is -0.430 e. The summed E-state index contributed by atoms with van der Waals surface area (Å²) < 4.78 is 31.2. The number of hydrogen-bond donors (Lipinski definition) is 2. The first-order valence-corrected chi connectivity index (χ1v) is 8.74. The van der Waals surface area contributed by atoms with E-state index in [9.17, 15) is 18.4 Å². The Morgan fingerprint density at radius 3 is 2.22 bits per heavy atom. The molecule has 0 heterocycles. The van der Waals surface area contributed by atoms with Gasteiger partial charge in [-0.1, -0.05) is 58.5 Å². The van der Waals surface area contributed by atoms with Crippen LogP contribution in [-0.2, 0) is 0 Å². The zero-order chi connectivity index (χ0) is 20.2. The predicted octanol–water partition coefficient (Wildman–Crippen LogP) is 5.73. The summed E-state index contributed by atoms with van der Waals surface area (Å²) in [5, 5.41) is 4.43. The average molecular weight is 458 g/mol. The number of urea groups is 1. The Labute approximate surface area is 172 Å². The van der Waals surface area contributed by atoms with Crippen molar-refractivity contribution in [2.75, 3.05) is 5.32 Å². The van der Waals surface area contributed by atoms with Crippen LogP contribution in [0.1, 0.15) is 10.4 Å². The molecule has 0 bridgehead atoms. The monoisotopic (exact) mass is 456 g/mol. The van der Waals surface area contributed by atoms with E-state index < -0.39 is 22.9 Å². The zero-order valence-corrected chi connectivity index (χ0v) is 16.1. The SMILES string of the molecule is O=C(NC(=O)c1c(Cl)cccc1Cl)Nc1cccc(OC(F)(F)C(Cl)Cl)c1. The van der Waals surface area contributed by atoms with Crippen LogP contribution in [0.2, 0.25) is 10.0 Å². The second kappa shape index (κ2) is 8.93. The zero-order valence-electron chi connectivity index (χ0n) is 13.1. The number of rotatable bonds is 5. The first kappa shape index (κ1) is 21.5. The van der Waals surface area contributed by atoms with Crippen molar-refractivity contribution in [2.45, 2.75) is 10.9 Å². The molecule has 0 radical (unpaired) electrons. The largest absolute Gasteiger partial charge is 0.430 e. The fourth-order valence-electron chi connectivity index (χ4n) is 1.88. The summed E-state index contributed by atoms with van der Waals surface area (Å²) in [7, 11) is 0. The van der Waals surface area contributed by atoms with Gasteiger partial charge in [-0.15, -0.1) is 0 Å². The van der Waals surface area contributed by atoms with Crippen LogP contribution < -0.4 is 15.4 Å². The Morgan fingerprint density at radius 1 is 1.04 bits per heavy atom. The van der Waals surface area contributed by atoms with Gasteiger partial charge in [-0.25, -0.2) is 4.79 Å². The Kier molecular flexibility index (Phi) is 7.11. The predicted molar refractivity (Wildman–Crippen MR) is 100 cm³/mol. The first-order chi connectivity index (χ1) is 12.6. The number of halogens is 6. The van der Waals surface area contributed by atoms with Crippen LogP contribution in [0.5, 0.6) is 5.75 Å². The lowest BCUT2D eigenvalue weighted by atomic mass is 10.2. The van der Waals surface area contributed by atoms with Gasteiger partial charge in [0, 0.05) is 11.8 Å². The molecule has 144 valence electrons. The lowest BCUT2D eigenvalue weighted by molar-refractivity contribution is -0.163. The lowest BCUT2D eigenvalue weighted by Gasteiger charge is -2.19. The van der Waals surface area contributed by atoms with Gasteiger partial charge in [0.05, 0.1) is 15.6 Å². The van der Waals surface area contributed by atoms with Crippen LogP contribution in [0.3, 0.4) is 0 Å². The van der Waals surface area contributed by atoms with Crippen LogP contribution in [0.25, 0.3) is 0 Å². The lowest BCUT2D eigenvalue weighted by Crippen LogP contribution is -2.34. The highest BCUT2D eigenvalue weighted by molar-refractivity contribution is 6.44. The van der Waals surface area contributed by atoms with Crippen LogP contribution in [0, 0.1) is 0 Å². The van der Waals surface area contributed by atoms with E-state index in [-0.39, 0.29) is 27.0 Å². The molecule has 0 aliphatic rings. The van der Waals surface area contributed by atoms with Crippen molar-refractivity contribution >= 4 is 64.0 Å². The van der Waals surface area contributed by atoms with Gasteiger partial charge in [0.2, 0.25) is 4.84 Å². The van der Waals surface area contributed by atoms with E-state index in [1.54, 1.807) is 0 Å². The molecular formula is C16H10Cl4F2N2O3. The van der Waals surface area contributed by atoms with Gasteiger partial charge in [-0.3, -0.25) is 10.1 Å². The summed E-state index contributed by atoms with van der Waals surface area (Å²) in [6.07, 6.45) is -3.83. The van der Waals surface area contributed by atoms with E-state index in [1.165, 1.54) is 36.4 Å². The van der Waals surface area contributed by atoms with E-state index in [2.05, 4.69) is 10.1 Å². The Bertz CT molecular complexity index is 845. The molecule has 5 nitrogen and oxygen atoms in total. The molecule has 0 aliphatic carbocycles. The molecule has 0 unspecified atom stereocenters. The van der Waals surface area contributed by atoms with Gasteiger partial charge in [0.15, 0.2) is 0 Å². The summed E-state index contributed by atoms with van der Waals surface area (Å²) in [6.45, 7) is 0. The highest BCUT2D eigenvalue weighted by atomic mass is 35.5. The maximum atomic E-state index is 13.4. The van der Waals surface area contributed by atoms with Gasteiger partial charge in [-0.05, 0) is 24.3 Å². The second-order valence-corrected chi connectivity index (χ2v) is 6.91. The van der Waals surface area contributed by atoms with Crippen LogP contribution in [-0.4, -0.2) is 22.9 Å². The van der Waals surface area contributed by atoms with Crippen LogP contribution >= 0.6 is 46.4 Å². The Balaban J connectivity index is 2.06. The Morgan fingerprint density at radius 2 is 1.63 bits per heavy atom. The second-order valence-electron chi connectivity index (χ2n) is 5.00. The summed E-state index contributed by atoms with van der Waals surface area (Å²) in [6, 6.07) is 8.49. The third-order valence-electron chi connectivity index (χ3n) is 3.02. The smallest absolute Gasteiger partial charge is 0.428 e. The normalized spacial score (nSPS) is 11.2. The van der Waals surface area contributed by atoms with Gasteiger partial charge in [0.1, 0.15) is 5.75 Å². The fraction of sp³-hybridized carbons (Fsp3) is 0.125. The molecule has 11 heteroatoms. The summed E-state index contributed by atoms with van der Waals surface area (Å²) in [5.41, 5.74) is -0.0115. The number of benzene rings is 2. The molecule has 2 aromatic carbocycles. The van der Waals surface area contributed by atoms with Crippen LogP contribution in [0.4, 0.5) is 19.3 Å². The number of carbonyl (C=O) groups excluding carboxylic acids is 2. The van der Waals surface area contributed by atoms with E-state index >= 15 is 0 Å². The number of hydrogen-bond acceptors (Lipinski definition) is 3. The molecule has 0 saturated carbocycles. The molecule has 0 atom stereocenters. The summed E-state index contributed by atoms with van der Waals surface area (Å²) >= 11 is 22.1. The van der Waals surface area contributed by atoms with Crippen molar-refractivity contribution < 1.29 is 23.1 Å². The molecule has 0 aliphatic heterocycles. The highest BCUT2D eigenvalue weighted by Gasteiger charge is 2.40. The molecule has 0 fully saturated rings. The van der Waals surface area contributed by atoms with Crippen molar-refractivity contribution in [3.8, 4) is 5.75 Å². The van der Waals surface area contributed by atoms with Gasteiger partial charge in [-0.2, -0.15) is 8.78 Å². The minimum absolute atomic E-state index is 0.0575. The topological polar surface area (TPSA) is 67.4 Å². The van der Waals surface area contributed by atoms with Crippen molar-refractivity contribution in [1.82, 2.24) is 5.32 Å².